The van der Waals surface area contributed by atoms with E-state index in [2.05, 4.69) is 19.2 Å². The van der Waals surface area contributed by atoms with Crippen molar-refractivity contribution in [1.29, 1.82) is 0 Å². The van der Waals surface area contributed by atoms with E-state index >= 15 is 0 Å². The molecule has 0 aliphatic carbocycles. The predicted octanol–water partition coefficient (Wildman–Crippen LogP) is 1.65. The van der Waals surface area contributed by atoms with Gasteiger partial charge in [0.25, 0.3) is 0 Å². The van der Waals surface area contributed by atoms with Crippen molar-refractivity contribution in [3.05, 3.63) is 0 Å². The topological polar surface area (TPSA) is 49.3 Å². The van der Waals surface area contributed by atoms with Crippen LogP contribution in [-0.2, 0) is 4.79 Å². The number of hydrogen-bond acceptors (Lipinski definition) is 3. The van der Waals surface area contributed by atoms with Gasteiger partial charge < -0.3 is 10.4 Å². The Labute approximate surface area is 97.0 Å². The molecule has 0 aliphatic rings. The van der Waals surface area contributed by atoms with Crippen LogP contribution in [0.15, 0.2) is 0 Å². The molecule has 0 aromatic rings. The number of carbonyl (C=O) groups excluding carboxylic acids is 1. The quantitative estimate of drug-likeness (QED) is 0.703. The highest BCUT2D eigenvalue weighted by atomic mass is 32.2. The molecular formula is C11H23NO2S. The molecule has 15 heavy (non-hydrogen) atoms. The first kappa shape index (κ1) is 14.8. The number of amides is 1. The lowest BCUT2D eigenvalue weighted by Gasteiger charge is -2.14. The SMILES string of the molecule is CSC(C)CC(=O)NCC(O)CC(C)C. The van der Waals surface area contributed by atoms with E-state index in [1.165, 1.54) is 0 Å². The number of nitrogens with one attached hydrogen (secondary N) is 1. The fraction of sp³-hybridized carbons (Fsp3) is 0.909. The van der Waals surface area contributed by atoms with Gasteiger partial charge in [-0.15, -0.1) is 0 Å². The van der Waals surface area contributed by atoms with Gasteiger partial charge in [0.2, 0.25) is 5.91 Å². The van der Waals surface area contributed by atoms with Gasteiger partial charge in [-0.25, -0.2) is 0 Å². The molecule has 0 fully saturated rings. The monoisotopic (exact) mass is 233 g/mol. The fourth-order valence-corrected chi connectivity index (χ4v) is 1.59. The average molecular weight is 233 g/mol. The summed E-state index contributed by atoms with van der Waals surface area (Å²) in [5.74, 6) is 0.488. The molecule has 0 aliphatic heterocycles. The molecule has 0 rings (SSSR count). The third kappa shape index (κ3) is 8.75. The van der Waals surface area contributed by atoms with Crippen LogP contribution in [0, 0.1) is 5.92 Å². The zero-order valence-electron chi connectivity index (χ0n) is 10.1. The second kappa shape index (κ2) is 7.99. The Morgan fingerprint density at radius 2 is 2.00 bits per heavy atom. The van der Waals surface area contributed by atoms with E-state index in [0.717, 1.165) is 6.42 Å². The molecule has 0 saturated carbocycles. The van der Waals surface area contributed by atoms with Gasteiger partial charge in [0.05, 0.1) is 6.10 Å². The van der Waals surface area contributed by atoms with Crippen LogP contribution in [0.2, 0.25) is 0 Å². The first-order chi connectivity index (χ1) is 6.95. The van der Waals surface area contributed by atoms with Crippen LogP contribution < -0.4 is 5.32 Å². The summed E-state index contributed by atoms with van der Waals surface area (Å²) >= 11 is 1.67. The van der Waals surface area contributed by atoms with Gasteiger partial charge in [-0.05, 0) is 18.6 Å². The smallest absolute Gasteiger partial charge is 0.221 e. The number of carbonyl (C=O) groups is 1. The molecule has 3 nitrogen and oxygen atoms in total. The number of aliphatic hydroxyl groups excluding tert-OH is 1. The lowest BCUT2D eigenvalue weighted by molar-refractivity contribution is -0.121. The van der Waals surface area contributed by atoms with E-state index in [0.29, 0.717) is 24.1 Å². The van der Waals surface area contributed by atoms with Gasteiger partial charge in [-0.1, -0.05) is 20.8 Å². The molecule has 4 heteroatoms. The Hall–Kier alpha value is -0.220. The van der Waals surface area contributed by atoms with Crippen molar-refractivity contribution in [2.45, 2.75) is 45.0 Å². The van der Waals surface area contributed by atoms with Gasteiger partial charge >= 0.3 is 0 Å². The van der Waals surface area contributed by atoms with E-state index in [9.17, 15) is 9.90 Å². The first-order valence-electron chi connectivity index (χ1n) is 5.43. The summed E-state index contributed by atoms with van der Waals surface area (Å²) < 4.78 is 0. The van der Waals surface area contributed by atoms with Crippen molar-refractivity contribution < 1.29 is 9.90 Å². The average Bonchev–Trinajstić information content (AvgIpc) is 2.13. The van der Waals surface area contributed by atoms with Crippen LogP contribution in [-0.4, -0.2) is 35.2 Å². The third-order valence-corrected chi connectivity index (χ3v) is 3.12. The van der Waals surface area contributed by atoms with Gasteiger partial charge in [0, 0.05) is 18.2 Å². The van der Waals surface area contributed by atoms with Crippen LogP contribution >= 0.6 is 11.8 Å². The fourth-order valence-electron chi connectivity index (χ4n) is 1.28. The molecule has 0 bridgehead atoms. The standard InChI is InChI=1S/C11H23NO2S/c1-8(2)5-10(13)7-12-11(14)6-9(3)15-4/h8-10,13H,5-7H2,1-4H3,(H,12,14). The lowest BCUT2D eigenvalue weighted by Crippen LogP contribution is -2.33. The number of thioether (sulfide) groups is 1. The molecule has 0 heterocycles. The van der Waals surface area contributed by atoms with Crippen LogP contribution in [0.4, 0.5) is 0 Å². The summed E-state index contributed by atoms with van der Waals surface area (Å²) in [6.07, 6.45) is 2.83. The van der Waals surface area contributed by atoms with Crippen molar-refractivity contribution >= 4 is 17.7 Å². The molecule has 0 aromatic carbocycles. The minimum atomic E-state index is -0.418. The second-order valence-electron chi connectivity index (χ2n) is 4.34. The second-order valence-corrected chi connectivity index (χ2v) is 5.61. The predicted molar refractivity (Wildman–Crippen MR) is 66.1 cm³/mol. The number of rotatable bonds is 7. The van der Waals surface area contributed by atoms with Gasteiger partial charge in [-0.3, -0.25) is 4.79 Å². The third-order valence-electron chi connectivity index (χ3n) is 2.15. The normalized spacial score (nSPS) is 15.1. The summed E-state index contributed by atoms with van der Waals surface area (Å²) in [6.45, 7) is 6.51. The Morgan fingerprint density at radius 1 is 1.40 bits per heavy atom. The zero-order valence-corrected chi connectivity index (χ0v) is 10.9. The maximum Gasteiger partial charge on any atom is 0.221 e. The van der Waals surface area contributed by atoms with E-state index in [1.807, 2.05) is 13.2 Å². The Kier molecular flexibility index (Phi) is 7.88. The van der Waals surface area contributed by atoms with Crippen molar-refractivity contribution in [3.8, 4) is 0 Å². The molecular weight excluding hydrogens is 210 g/mol. The van der Waals surface area contributed by atoms with Gasteiger partial charge in [0.1, 0.15) is 0 Å². The molecule has 2 N–H and O–H groups in total. The van der Waals surface area contributed by atoms with Crippen LogP contribution in [0.25, 0.3) is 0 Å². The largest absolute Gasteiger partial charge is 0.391 e. The number of aliphatic hydroxyl groups is 1. The Bertz CT molecular complexity index is 185. The van der Waals surface area contributed by atoms with Crippen molar-refractivity contribution in [1.82, 2.24) is 5.32 Å². The maximum atomic E-state index is 11.4. The first-order valence-corrected chi connectivity index (χ1v) is 6.72. The molecule has 0 radical (unpaired) electrons. The lowest BCUT2D eigenvalue weighted by atomic mass is 10.1. The summed E-state index contributed by atoms with van der Waals surface area (Å²) in [5.41, 5.74) is 0. The summed E-state index contributed by atoms with van der Waals surface area (Å²) in [7, 11) is 0. The molecule has 2 unspecified atom stereocenters. The highest BCUT2D eigenvalue weighted by Crippen LogP contribution is 2.09. The molecule has 90 valence electrons. The van der Waals surface area contributed by atoms with Gasteiger partial charge in [-0.2, -0.15) is 11.8 Å². The summed E-state index contributed by atoms with van der Waals surface area (Å²) in [4.78, 5) is 11.4. The van der Waals surface area contributed by atoms with E-state index in [-0.39, 0.29) is 5.91 Å². The van der Waals surface area contributed by atoms with Gasteiger partial charge in [0.15, 0.2) is 0 Å². The Morgan fingerprint density at radius 3 is 2.47 bits per heavy atom. The molecule has 1 amide bonds. The highest BCUT2D eigenvalue weighted by Gasteiger charge is 2.10. The van der Waals surface area contributed by atoms with E-state index < -0.39 is 6.10 Å². The van der Waals surface area contributed by atoms with Crippen molar-refractivity contribution in [3.63, 3.8) is 0 Å². The van der Waals surface area contributed by atoms with Crippen molar-refractivity contribution in [2.75, 3.05) is 12.8 Å². The molecule has 2 atom stereocenters. The maximum absolute atomic E-state index is 11.4. The highest BCUT2D eigenvalue weighted by molar-refractivity contribution is 7.99. The van der Waals surface area contributed by atoms with Crippen molar-refractivity contribution in [2.24, 2.45) is 5.92 Å². The molecule has 0 aromatic heterocycles. The van der Waals surface area contributed by atoms with Crippen LogP contribution in [0.5, 0.6) is 0 Å². The zero-order chi connectivity index (χ0) is 11.8. The Balaban J connectivity index is 3.61. The molecule has 0 saturated heterocycles. The van der Waals surface area contributed by atoms with Crippen LogP contribution in [0.1, 0.15) is 33.6 Å². The minimum absolute atomic E-state index is 0.0275. The number of hydrogen-bond donors (Lipinski definition) is 2. The van der Waals surface area contributed by atoms with E-state index in [1.54, 1.807) is 11.8 Å². The van der Waals surface area contributed by atoms with E-state index in [4.69, 9.17) is 0 Å². The minimum Gasteiger partial charge on any atom is -0.391 e. The van der Waals surface area contributed by atoms with Crippen LogP contribution in [0.3, 0.4) is 0 Å². The summed E-state index contributed by atoms with van der Waals surface area (Å²) in [5, 5.41) is 12.6. The summed E-state index contributed by atoms with van der Waals surface area (Å²) in [6, 6.07) is 0. The molecule has 0 spiro atoms.